The van der Waals surface area contributed by atoms with Crippen LogP contribution in [0, 0.1) is 0 Å². The van der Waals surface area contributed by atoms with Crippen molar-refractivity contribution in [1.82, 2.24) is 19.5 Å². The number of anilines is 1. The number of rotatable bonds is 4. The average molecular weight is 363 g/mol. The largest absolute Gasteiger partial charge is 0.300 e. The van der Waals surface area contributed by atoms with Crippen molar-refractivity contribution in [1.29, 1.82) is 0 Å². The molecule has 4 aromatic rings. The molecular formula is C18H13N5O2S. The maximum absolute atomic E-state index is 12.4. The van der Waals surface area contributed by atoms with Gasteiger partial charge in [-0.1, -0.05) is 18.2 Å². The molecule has 0 aliphatic carbocycles. The lowest BCUT2D eigenvalue weighted by molar-refractivity contribution is -0.116. The van der Waals surface area contributed by atoms with E-state index in [1.807, 2.05) is 29.6 Å². The third-order valence-electron chi connectivity index (χ3n) is 3.72. The van der Waals surface area contributed by atoms with Crippen molar-refractivity contribution < 1.29 is 4.79 Å². The summed E-state index contributed by atoms with van der Waals surface area (Å²) in [6.45, 7) is -0.130. The molecule has 26 heavy (non-hydrogen) atoms. The van der Waals surface area contributed by atoms with E-state index in [0.29, 0.717) is 21.7 Å². The number of para-hydroxylation sites is 1. The van der Waals surface area contributed by atoms with Crippen LogP contribution in [0.5, 0.6) is 0 Å². The number of pyridine rings is 1. The van der Waals surface area contributed by atoms with Crippen molar-refractivity contribution in [2.24, 2.45) is 0 Å². The summed E-state index contributed by atoms with van der Waals surface area (Å²) in [5.41, 5.74) is 1.78. The van der Waals surface area contributed by atoms with Gasteiger partial charge in [0.25, 0.3) is 5.56 Å². The molecule has 0 spiro atoms. The van der Waals surface area contributed by atoms with Gasteiger partial charge in [0, 0.05) is 11.6 Å². The number of nitrogens with zero attached hydrogens (tertiary/aromatic N) is 4. The molecule has 1 amide bonds. The molecule has 128 valence electrons. The minimum atomic E-state index is -0.342. The Labute approximate surface area is 152 Å². The number of thiazole rings is 1. The standard InChI is InChI=1S/C18H13N5O2S/c24-16(9-23-11-20-13-6-2-1-5-12(13)17(23)25)22-18-21-15(10-26-18)14-7-3-4-8-19-14/h1-8,10-11H,9H2,(H,21,22,24). The lowest BCUT2D eigenvalue weighted by atomic mass is 10.2. The third kappa shape index (κ3) is 3.22. The summed E-state index contributed by atoms with van der Waals surface area (Å²) < 4.78 is 1.28. The van der Waals surface area contributed by atoms with E-state index in [1.165, 1.54) is 22.2 Å². The Morgan fingerprint density at radius 3 is 2.77 bits per heavy atom. The van der Waals surface area contributed by atoms with Gasteiger partial charge in [0.05, 0.1) is 22.9 Å². The first-order chi connectivity index (χ1) is 12.7. The highest BCUT2D eigenvalue weighted by atomic mass is 32.1. The molecule has 8 heteroatoms. The SMILES string of the molecule is O=C(Cn1cnc2ccccc2c1=O)Nc1nc(-c2ccccn2)cs1. The minimum Gasteiger partial charge on any atom is -0.300 e. The van der Waals surface area contributed by atoms with E-state index < -0.39 is 0 Å². The Kier molecular flexibility index (Phi) is 4.24. The molecule has 4 rings (SSSR count). The molecule has 0 radical (unpaired) electrons. The van der Waals surface area contributed by atoms with Crippen LogP contribution < -0.4 is 10.9 Å². The molecule has 0 saturated heterocycles. The second-order valence-electron chi connectivity index (χ2n) is 5.50. The Hall–Kier alpha value is -3.39. The molecule has 0 fully saturated rings. The molecule has 0 aliphatic heterocycles. The maximum atomic E-state index is 12.4. The first-order valence-electron chi connectivity index (χ1n) is 7.82. The fourth-order valence-corrected chi connectivity index (χ4v) is 3.22. The van der Waals surface area contributed by atoms with Gasteiger partial charge >= 0.3 is 0 Å². The van der Waals surface area contributed by atoms with Crippen LogP contribution in [-0.4, -0.2) is 25.4 Å². The molecule has 1 aromatic carbocycles. The zero-order valence-electron chi connectivity index (χ0n) is 13.5. The van der Waals surface area contributed by atoms with Crippen LogP contribution >= 0.6 is 11.3 Å². The van der Waals surface area contributed by atoms with Crippen LogP contribution in [0.4, 0.5) is 5.13 Å². The number of nitrogens with one attached hydrogen (secondary N) is 1. The lowest BCUT2D eigenvalue weighted by Crippen LogP contribution is -2.27. The molecule has 1 N–H and O–H groups in total. The number of carbonyl (C=O) groups excluding carboxylic acids is 1. The summed E-state index contributed by atoms with van der Waals surface area (Å²) in [5.74, 6) is -0.342. The molecule has 0 aliphatic rings. The monoisotopic (exact) mass is 363 g/mol. The van der Waals surface area contributed by atoms with E-state index in [9.17, 15) is 9.59 Å². The van der Waals surface area contributed by atoms with Crippen molar-refractivity contribution >= 4 is 33.3 Å². The number of hydrogen-bond donors (Lipinski definition) is 1. The van der Waals surface area contributed by atoms with Crippen LogP contribution in [0.2, 0.25) is 0 Å². The molecule has 3 aromatic heterocycles. The summed E-state index contributed by atoms with van der Waals surface area (Å²) in [5, 5.41) is 5.47. The van der Waals surface area contributed by atoms with Gasteiger partial charge in [-0.25, -0.2) is 9.97 Å². The summed E-state index contributed by atoms with van der Waals surface area (Å²) in [7, 11) is 0. The second-order valence-corrected chi connectivity index (χ2v) is 6.35. The van der Waals surface area contributed by atoms with Gasteiger partial charge < -0.3 is 5.32 Å². The van der Waals surface area contributed by atoms with Crippen molar-refractivity contribution in [2.75, 3.05) is 5.32 Å². The average Bonchev–Trinajstić information content (AvgIpc) is 3.13. The topological polar surface area (TPSA) is 89.8 Å². The predicted octanol–water partition coefficient (Wildman–Crippen LogP) is 2.55. The molecular weight excluding hydrogens is 350 g/mol. The van der Waals surface area contributed by atoms with E-state index >= 15 is 0 Å². The number of carbonyl (C=O) groups is 1. The number of fused-ring (bicyclic) bond motifs is 1. The highest BCUT2D eigenvalue weighted by Crippen LogP contribution is 2.23. The van der Waals surface area contributed by atoms with Crippen LogP contribution in [-0.2, 0) is 11.3 Å². The first-order valence-corrected chi connectivity index (χ1v) is 8.69. The smallest absolute Gasteiger partial charge is 0.261 e. The number of amides is 1. The van der Waals surface area contributed by atoms with Gasteiger partial charge in [0.2, 0.25) is 5.91 Å². The maximum Gasteiger partial charge on any atom is 0.261 e. The third-order valence-corrected chi connectivity index (χ3v) is 4.48. The van der Waals surface area contributed by atoms with Crippen LogP contribution in [0.3, 0.4) is 0 Å². The van der Waals surface area contributed by atoms with E-state index in [2.05, 4.69) is 20.3 Å². The molecule has 0 bridgehead atoms. The van der Waals surface area contributed by atoms with E-state index in [0.717, 1.165) is 5.69 Å². The van der Waals surface area contributed by atoms with Gasteiger partial charge in [-0.15, -0.1) is 11.3 Å². The van der Waals surface area contributed by atoms with Gasteiger partial charge in [-0.3, -0.25) is 19.1 Å². The first kappa shape index (κ1) is 16.1. The fourth-order valence-electron chi connectivity index (χ4n) is 2.50. The quantitative estimate of drug-likeness (QED) is 0.602. The van der Waals surface area contributed by atoms with Crippen molar-refractivity contribution in [2.45, 2.75) is 6.54 Å². The van der Waals surface area contributed by atoms with Crippen molar-refractivity contribution in [3.05, 3.63) is 70.7 Å². The molecule has 0 saturated carbocycles. The van der Waals surface area contributed by atoms with Crippen molar-refractivity contribution in [3.63, 3.8) is 0 Å². The number of aromatic nitrogens is 4. The Bertz CT molecular complexity index is 1140. The fraction of sp³-hybridized carbons (Fsp3) is 0.0556. The van der Waals surface area contributed by atoms with Crippen LogP contribution in [0.15, 0.2) is 65.2 Å². The Morgan fingerprint density at radius 1 is 1.08 bits per heavy atom. The van der Waals surface area contributed by atoms with E-state index in [1.54, 1.807) is 24.4 Å². The second kappa shape index (κ2) is 6.85. The van der Waals surface area contributed by atoms with Gasteiger partial charge in [0.15, 0.2) is 5.13 Å². The normalized spacial score (nSPS) is 10.8. The summed E-state index contributed by atoms with van der Waals surface area (Å²) in [6, 6.07) is 12.6. The zero-order chi connectivity index (χ0) is 17.9. The summed E-state index contributed by atoms with van der Waals surface area (Å²) in [6.07, 6.45) is 3.07. The number of benzene rings is 1. The molecule has 7 nitrogen and oxygen atoms in total. The van der Waals surface area contributed by atoms with Gasteiger partial charge in [0.1, 0.15) is 12.2 Å². The Balaban J connectivity index is 1.51. The van der Waals surface area contributed by atoms with E-state index in [-0.39, 0.29) is 18.0 Å². The number of hydrogen-bond acceptors (Lipinski definition) is 6. The summed E-state index contributed by atoms with van der Waals surface area (Å²) in [4.78, 5) is 37.5. The van der Waals surface area contributed by atoms with Crippen molar-refractivity contribution in [3.8, 4) is 11.4 Å². The lowest BCUT2D eigenvalue weighted by Gasteiger charge is -2.06. The Morgan fingerprint density at radius 2 is 1.92 bits per heavy atom. The molecule has 0 unspecified atom stereocenters. The van der Waals surface area contributed by atoms with Crippen LogP contribution in [0.25, 0.3) is 22.3 Å². The highest BCUT2D eigenvalue weighted by Gasteiger charge is 2.11. The minimum absolute atomic E-state index is 0.130. The molecule has 3 heterocycles. The van der Waals surface area contributed by atoms with Gasteiger partial charge in [-0.2, -0.15) is 0 Å². The van der Waals surface area contributed by atoms with Gasteiger partial charge in [-0.05, 0) is 24.3 Å². The van der Waals surface area contributed by atoms with Crippen LogP contribution in [0.1, 0.15) is 0 Å². The highest BCUT2D eigenvalue weighted by molar-refractivity contribution is 7.14. The summed E-state index contributed by atoms with van der Waals surface area (Å²) >= 11 is 1.30. The molecule has 0 atom stereocenters. The zero-order valence-corrected chi connectivity index (χ0v) is 14.3. The predicted molar refractivity (Wildman–Crippen MR) is 100.0 cm³/mol. The van der Waals surface area contributed by atoms with E-state index in [4.69, 9.17) is 0 Å².